The topological polar surface area (TPSA) is 101 Å². The number of carboxylic acids is 1. The molecule has 0 spiro atoms. The monoisotopic (exact) mass is 392 g/mol. The average molecular weight is 392 g/mol. The Hall–Kier alpha value is -2.60. The SMILES string of the molecule is COCCOCCOCCC(=C(C#N)C(=O)O)c1ccc(N(C)C)cc1OC. The first-order valence-corrected chi connectivity index (χ1v) is 8.82. The average Bonchev–Trinajstić information content (AvgIpc) is 2.68. The molecule has 0 unspecified atom stereocenters. The van der Waals surface area contributed by atoms with Gasteiger partial charge in [0.15, 0.2) is 0 Å². The lowest BCUT2D eigenvalue weighted by atomic mass is 9.96. The summed E-state index contributed by atoms with van der Waals surface area (Å²) in [5.41, 5.74) is 1.51. The van der Waals surface area contributed by atoms with E-state index in [4.69, 9.17) is 18.9 Å². The van der Waals surface area contributed by atoms with Crippen molar-refractivity contribution in [2.75, 3.05) is 66.2 Å². The first-order valence-electron chi connectivity index (χ1n) is 8.82. The molecule has 0 aliphatic rings. The van der Waals surface area contributed by atoms with Crippen molar-refractivity contribution >= 4 is 17.2 Å². The number of hydrogen-bond acceptors (Lipinski definition) is 7. The third kappa shape index (κ3) is 7.19. The third-order valence-corrected chi connectivity index (χ3v) is 3.95. The largest absolute Gasteiger partial charge is 0.496 e. The predicted octanol–water partition coefficient (Wildman–Crippen LogP) is 2.19. The Morgan fingerprint density at radius 2 is 1.75 bits per heavy atom. The minimum absolute atomic E-state index is 0.250. The number of benzene rings is 1. The second-order valence-corrected chi connectivity index (χ2v) is 6.02. The summed E-state index contributed by atoms with van der Waals surface area (Å²) >= 11 is 0. The molecular formula is C20H28N2O6. The molecule has 1 aromatic rings. The van der Waals surface area contributed by atoms with E-state index in [2.05, 4.69) is 0 Å². The summed E-state index contributed by atoms with van der Waals surface area (Å²) in [6, 6.07) is 7.19. The highest BCUT2D eigenvalue weighted by Gasteiger charge is 2.19. The highest BCUT2D eigenvalue weighted by molar-refractivity contribution is 6.01. The van der Waals surface area contributed by atoms with Crippen LogP contribution >= 0.6 is 0 Å². The van der Waals surface area contributed by atoms with E-state index in [1.807, 2.05) is 25.1 Å². The van der Waals surface area contributed by atoms with Crippen LogP contribution in [0.2, 0.25) is 0 Å². The van der Waals surface area contributed by atoms with Gasteiger partial charge in [-0.3, -0.25) is 0 Å². The Kier molecular flexibility index (Phi) is 10.7. The lowest BCUT2D eigenvalue weighted by Crippen LogP contribution is -2.11. The molecule has 1 rings (SSSR count). The van der Waals surface area contributed by atoms with Crippen LogP contribution in [-0.4, -0.2) is 72.4 Å². The van der Waals surface area contributed by atoms with Crippen molar-refractivity contribution in [1.82, 2.24) is 0 Å². The van der Waals surface area contributed by atoms with Crippen LogP contribution in [0.3, 0.4) is 0 Å². The highest BCUT2D eigenvalue weighted by Crippen LogP contribution is 2.33. The molecule has 1 aromatic carbocycles. The number of methoxy groups -OCH3 is 2. The molecule has 0 bridgehead atoms. The van der Waals surface area contributed by atoms with Gasteiger partial charge in [-0.2, -0.15) is 5.26 Å². The van der Waals surface area contributed by atoms with E-state index in [9.17, 15) is 15.2 Å². The van der Waals surface area contributed by atoms with Crippen LogP contribution < -0.4 is 9.64 Å². The molecule has 8 nitrogen and oxygen atoms in total. The quantitative estimate of drug-likeness (QED) is 0.310. The number of hydrogen-bond donors (Lipinski definition) is 1. The maximum atomic E-state index is 11.6. The number of nitrogens with zero attached hydrogens (tertiary/aromatic N) is 2. The fourth-order valence-electron chi connectivity index (χ4n) is 2.48. The molecule has 28 heavy (non-hydrogen) atoms. The second kappa shape index (κ2) is 12.7. The molecule has 1 N–H and O–H groups in total. The van der Waals surface area contributed by atoms with Gasteiger partial charge in [-0.25, -0.2) is 4.79 Å². The molecule has 0 saturated carbocycles. The molecule has 0 atom stereocenters. The lowest BCUT2D eigenvalue weighted by Gasteiger charge is -2.18. The molecule has 8 heteroatoms. The van der Waals surface area contributed by atoms with E-state index in [1.165, 1.54) is 7.11 Å². The minimum atomic E-state index is -1.28. The molecule has 0 aliphatic carbocycles. The lowest BCUT2D eigenvalue weighted by molar-refractivity contribution is -0.132. The van der Waals surface area contributed by atoms with E-state index < -0.39 is 5.97 Å². The number of anilines is 1. The zero-order chi connectivity index (χ0) is 20.9. The van der Waals surface area contributed by atoms with E-state index in [1.54, 1.807) is 25.3 Å². The van der Waals surface area contributed by atoms with Gasteiger partial charge in [0.25, 0.3) is 0 Å². The van der Waals surface area contributed by atoms with Crippen molar-refractivity contribution in [1.29, 1.82) is 5.26 Å². The fraction of sp³-hybridized carbons (Fsp3) is 0.500. The van der Waals surface area contributed by atoms with Gasteiger partial charge < -0.3 is 29.0 Å². The Balaban J connectivity index is 2.95. The predicted molar refractivity (Wildman–Crippen MR) is 106 cm³/mol. The van der Waals surface area contributed by atoms with Crippen molar-refractivity contribution in [2.45, 2.75) is 6.42 Å². The van der Waals surface area contributed by atoms with Crippen LogP contribution in [0.15, 0.2) is 23.8 Å². The fourth-order valence-corrected chi connectivity index (χ4v) is 2.48. The Bertz CT molecular complexity index is 709. The van der Waals surface area contributed by atoms with Gasteiger partial charge in [0.1, 0.15) is 17.4 Å². The number of carbonyl (C=O) groups is 1. The summed E-state index contributed by atoms with van der Waals surface area (Å²) in [5, 5.41) is 18.8. The molecule has 0 fully saturated rings. The standard InChI is InChI=1S/C20H28N2O6/c1-22(2)15-5-6-17(19(13-15)26-4)16(18(14-21)20(23)24)7-8-27-11-12-28-10-9-25-3/h5-6,13H,7-12H2,1-4H3,(H,23,24). The first-order chi connectivity index (χ1) is 13.5. The Morgan fingerprint density at radius 1 is 1.11 bits per heavy atom. The summed E-state index contributed by atoms with van der Waals surface area (Å²) in [4.78, 5) is 13.5. The van der Waals surface area contributed by atoms with E-state index in [0.29, 0.717) is 43.3 Å². The first kappa shape index (κ1) is 23.4. The van der Waals surface area contributed by atoms with Crippen LogP contribution in [0.1, 0.15) is 12.0 Å². The van der Waals surface area contributed by atoms with Crippen molar-refractivity contribution in [3.05, 3.63) is 29.3 Å². The molecule has 0 heterocycles. The summed E-state index contributed by atoms with van der Waals surface area (Å²) in [7, 11) is 6.90. The summed E-state index contributed by atoms with van der Waals surface area (Å²) in [6.45, 7) is 2.02. The van der Waals surface area contributed by atoms with Gasteiger partial charge in [0.05, 0.1) is 40.1 Å². The minimum Gasteiger partial charge on any atom is -0.496 e. The van der Waals surface area contributed by atoms with Crippen molar-refractivity contribution < 1.29 is 28.8 Å². The van der Waals surface area contributed by atoms with Gasteiger partial charge >= 0.3 is 5.97 Å². The third-order valence-electron chi connectivity index (χ3n) is 3.95. The van der Waals surface area contributed by atoms with Crippen LogP contribution in [0.25, 0.3) is 5.57 Å². The number of aliphatic carboxylic acids is 1. The molecule has 154 valence electrons. The van der Waals surface area contributed by atoms with Gasteiger partial charge in [-0.05, 0) is 24.1 Å². The summed E-state index contributed by atoms with van der Waals surface area (Å²) in [5.74, 6) is -0.780. The Labute approximate surface area is 165 Å². The van der Waals surface area contributed by atoms with Crippen molar-refractivity contribution in [3.63, 3.8) is 0 Å². The summed E-state index contributed by atoms with van der Waals surface area (Å²) < 4.78 is 21.2. The van der Waals surface area contributed by atoms with Gasteiger partial charge in [0, 0.05) is 38.5 Å². The van der Waals surface area contributed by atoms with Crippen molar-refractivity contribution in [3.8, 4) is 11.8 Å². The molecule has 0 aromatic heterocycles. The van der Waals surface area contributed by atoms with Gasteiger partial charge in [0.2, 0.25) is 0 Å². The normalized spacial score (nSPS) is 11.5. The van der Waals surface area contributed by atoms with Crippen LogP contribution in [0.5, 0.6) is 5.75 Å². The zero-order valence-corrected chi connectivity index (χ0v) is 16.9. The maximum absolute atomic E-state index is 11.6. The number of nitriles is 1. The summed E-state index contributed by atoms with van der Waals surface area (Å²) in [6.07, 6.45) is 0.255. The number of carboxylic acid groups (broad SMARTS) is 1. The van der Waals surface area contributed by atoms with Gasteiger partial charge in [-0.1, -0.05) is 0 Å². The van der Waals surface area contributed by atoms with Crippen LogP contribution in [0, 0.1) is 11.3 Å². The van der Waals surface area contributed by atoms with Gasteiger partial charge in [-0.15, -0.1) is 0 Å². The van der Waals surface area contributed by atoms with Crippen molar-refractivity contribution in [2.24, 2.45) is 0 Å². The van der Waals surface area contributed by atoms with Crippen LogP contribution in [0.4, 0.5) is 5.69 Å². The second-order valence-electron chi connectivity index (χ2n) is 6.02. The van der Waals surface area contributed by atoms with E-state index >= 15 is 0 Å². The highest BCUT2D eigenvalue weighted by atomic mass is 16.5. The van der Waals surface area contributed by atoms with E-state index in [0.717, 1.165) is 5.69 Å². The molecular weight excluding hydrogens is 364 g/mol. The molecule has 0 saturated heterocycles. The Morgan fingerprint density at radius 3 is 2.29 bits per heavy atom. The zero-order valence-electron chi connectivity index (χ0n) is 16.9. The maximum Gasteiger partial charge on any atom is 0.346 e. The number of rotatable bonds is 13. The molecule has 0 radical (unpaired) electrons. The molecule has 0 aliphatic heterocycles. The van der Waals surface area contributed by atoms with E-state index in [-0.39, 0.29) is 18.6 Å². The smallest absolute Gasteiger partial charge is 0.346 e. The van der Waals surface area contributed by atoms with Crippen LogP contribution in [-0.2, 0) is 19.0 Å². The molecule has 0 amide bonds. The number of ether oxygens (including phenoxy) is 4.